The Bertz CT molecular complexity index is 1010. The Morgan fingerprint density at radius 2 is 2.04 bits per heavy atom. The molecule has 1 amide bonds. The van der Waals surface area contributed by atoms with Gasteiger partial charge in [0.05, 0.1) is 5.69 Å². The molecule has 0 radical (unpaired) electrons. The van der Waals surface area contributed by atoms with Gasteiger partial charge in [-0.1, -0.05) is 6.07 Å². The number of pyridine rings is 1. The summed E-state index contributed by atoms with van der Waals surface area (Å²) in [6.07, 6.45) is 6.76. The largest absolute Gasteiger partial charge is 0.345 e. The number of carbonyl (C=O) groups excluding carboxylic acids is 1. The second kappa shape index (κ2) is 7.61. The minimum Gasteiger partial charge on any atom is -0.343 e. The number of nitrogens with zero attached hydrogens (tertiary/aromatic N) is 6. The molecule has 0 aliphatic carbocycles. The number of aromatic nitrogens is 5. The maximum absolute atomic E-state index is 12.6. The zero-order valence-corrected chi connectivity index (χ0v) is 16.4. The van der Waals surface area contributed by atoms with Crippen LogP contribution in [-0.2, 0) is 24.8 Å². The highest BCUT2D eigenvalue weighted by Crippen LogP contribution is 2.26. The Morgan fingerprint density at radius 1 is 1.25 bits per heavy atom. The maximum Gasteiger partial charge on any atom is 0.345 e. The molecule has 28 heavy (non-hydrogen) atoms. The van der Waals surface area contributed by atoms with Crippen molar-refractivity contribution in [3.05, 3.63) is 52.6 Å². The number of hydrogen-bond acceptors (Lipinski definition) is 4. The molecule has 0 N–H and O–H groups in total. The van der Waals surface area contributed by atoms with Crippen molar-refractivity contribution in [1.82, 2.24) is 28.6 Å². The average Bonchev–Trinajstić information content (AvgIpc) is 3.26. The van der Waals surface area contributed by atoms with Gasteiger partial charge in [0, 0.05) is 51.4 Å². The minimum absolute atomic E-state index is 0.0662. The molecule has 8 heteroatoms. The maximum atomic E-state index is 12.6. The zero-order chi connectivity index (χ0) is 19.7. The smallest absolute Gasteiger partial charge is 0.343 e. The van der Waals surface area contributed by atoms with E-state index in [0.717, 1.165) is 30.0 Å². The molecule has 3 aromatic rings. The molecule has 0 aromatic carbocycles. The monoisotopic (exact) mass is 382 g/mol. The number of rotatable bonds is 5. The van der Waals surface area contributed by atoms with Crippen molar-refractivity contribution in [2.24, 2.45) is 7.05 Å². The van der Waals surface area contributed by atoms with E-state index in [1.807, 2.05) is 46.8 Å². The predicted octanol–water partition coefficient (Wildman–Crippen LogP) is 1.59. The van der Waals surface area contributed by atoms with Crippen molar-refractivity contribution >= 4 is 11.6 Å². The first-order chi connectivity index (χ1) is 13.6. The first-order valence-corrected chi connectivity index (χ1v) is 9.91. The lowest BCUT2D eigenvalue weighted by molar-refractivity contribution is -0.132. The highest BCUT2D eigenvalue weighted by molar-refractivity contribution is 5.76. The fourth-order valence-corrected chi connectivity index (χ4v) is 4.01. The van der Waals surface area contributed by atoms with Gasteiger partial charge in [-0.25, -0.2) is 14.5 Å². The highest BCUT2D eigenvalue weighted by Gasteiger charge is 2.27. The molecule has 4 rings (SSSR count). The van der Waals surface area contributed by atoms with Gasteiger partial charge >= 0.3 is 5.69 Å². The Kier molecular flexibility index (Phi) is 5.02. The van der Waals surface area contributed by atoms with Crippen LogP contribution in [0.4, 0.5) is 0 Å². The number of fused-ring (bicyclic) bond motifs is 1. The van der Waals surface area contributed by atoms with Gasteiger partial charge in [0.2, 0.25) is 5.91 Å². The van der Waals surface area contributed by atoms with Crippen LogP contribution in [0.15, 0.2) is 35.4 Å². The van der Waals surface area contributed by atoms with Crippen LogP contribution in [0.3, 0.4) is 0 Å². The summed E-state index contributed by atoms with van der Waals surface area (Å²) in [7, 11) is 1.69. The van der Waals surface area contributed by atoms with Crippen molar-refractivity contribution in [2.45, 2.75) is 45.1 Å². The van der Waals surface area contributed by atoms with Crippen molar-refractivity contribution in [3.63, 3.8) is 0 Å². The predicted molar refractivity (Wildman–Crippen MR) is 105 cm³/mol. The average molecular weight is 382 g/mol. The van der Waals surface area contributed by atoms with E-state index in [0.29, 0.717) is 32.5 Å². The van der Waals surface area contributed by atoms with Crippen LogP contribution in [0.25, 0.3) is 5.65 Å². The number of carbonyl (C=O) groups is 1. The lowest BCUT2D eigenvalue weighted by Gasteiger charge is -2.31. The minimum atomic E-state index is -0.0662. The molecule has 1 aliphatic rings. The van der Waals surface area contributed by atoms with Crippen LogP contribution in [-0.4, -0.2) is 47.6 Å². The highest BCUT2D eigenvalue weighted by atomic mass is 16.2. The first kappa shape index (κ1) is 18.5. The van der Waals surface area contributed by atoms with Gasteiger partial charge in [-0.3, -0.25) is 9.36 Å². The number of likely N-dealkylation sites (tertiary alicyclic amines) is 1. The van der Waals surface area contributed by atoms with Crippen LogP contribution < -0.4 is 5.69 Å². The summed E-state index contributed by atoms with van der Waals surface area (Å²) in [6.45, 7) is 4.01. The number of aryl methyl sites for hydroxylation is 2. The number of piperidine rings is 1. The van der Waals surface area contributed by atoms with Gasteiger partial charge in [0.1, 0.15) is 11.5 Å². The lowest BCUT2D eigenvalue weighted by atomic mass is 9.95. The summed E-state index contributed by atoms with van der Waals surface area (Å²) >= 11 is 0. The van der Waals surface area contributed by atoms with E-state index in [2.05, 4.69) is 10.1 Å². The third-order valence-corrected chi connectivity index (χ3v) is 5.57. The van der Waals surface area contributed by atoms with Gasteiger partial charge in [0.15, 0.2) is 0 Å². The van der Waals surface area contributed by atoms with Crippen LogP contribution in [0.2, 0.25) is 0 Å². The van der Waals surface area contributed by atoms with Crippen molar-refractivity contribution in [2.75, 3.05) is 13.1 Å². The molecule has 0 unspecified atom stereocenters. The summed E-state index contributed by atoms with van der Waals surface area (Å²) in [4.78, 5) is 31.2. The number of hydrogen-bond donors (Lipinski definition) is 0. The lowest BCUT2D eigenvalue weighted by Crippen LogP contribution is -2.38. The van der Waals surface area contributed by atoms with E-state index in [9.17, 15) is 9.59 Å². The molecule has 148 valence electrons. The van der Waals surface area contributed by atoms with Gasteiger partial charge in [0.25, 0.3) is 0 Å². The molecular weight excluding hydrogens is 356 g/mol. The normalized spacial score (nSPS) is 15.4. The second-order valence-electron chi connectivity index (χ2n) is 7.36. The van der Waals surface area contributed by atoms with Crippen molar-refractivity contribution < 1.29 is 4.79 Å². The summed E-state index contributed by atoms with van der Waals surface area (Å²) in [5, 5.41) is 4.42. The van der Waals surface area contributed by atoms with Gasteiger partial charge in [-0.2, -0.15) is 5.10 Å². The Balaban J connectivity index is 1.34. The third kappa shape index (κ3) is 3.46. The summed E-state index contributed by atoms with van der Waals surface area (Å²) < 4.78 is 5.13. The summed E-state index contributed by atoms with van der Waals surface area (Å²) in [5.41, 5.74) is 1.78. The van der Waals surface area contributed by atoms with E-state index in [4.69, 9.17) is 0 Å². The first-order valence-electron chi connectivity index (χ1n) is 9.91. The van der Waals surface area contributed by atoms with Crippen LogP contribution in [0.1, 0.15) is 43.6 Å². The molecule has 1 aliphatic heterocycles. The molecule has 3 aromatic heterocycles. The molecule has 4 heterocycles. The molecule has 8 nitrogen and oxygen atoms in total. The van der Waals surface area contributed by atoms with E-state index in [1.54, 1.807) is 11.6 Å². The summed E-state index contributed by atoms with van der Waals surface area (Å²) in [6, 6.07) is 5.89. The fraction of sp³-hybridized carbons (Fsp3) is 0.500. The quantitative estimate of drug-likeness (QED) is 0.671. The van der Waals surface area contributed by atoms with E-state index < -0.39 is 0 Å². The van der Waals surface area contributed by atoms with E-state index >= 15 is 0 Å². The van der Waals surface area contributed by atoms with E-state index in [1.165, 1.54) is 4.68 Å². The van der Waals surface area contributed by atoms with E-state index in [-0.39, 0.29) is 17.5 Å². The SMILES string of the molecule is CCn1c(C2CCN(C(=O)CCc3cn4ccccc4n3)CC2)nn(C)c1=O. The molecule has 0 bridgehead atoms. The fourth-order valence-electron chi connectivity index (χ4n) is 4.01. The van der Waals surface area contributed by atoms with Gasteiger partial charge in [-0.05, 0) is 38.3 Å². The molecule has 0 atom stereocenters. The molecule has 1 fully saturated rings. The van der Waals surface area contributed by atoms with Crippen LogP contribution in [0, 0.1) is 0 Å². The Labute approximate surface area is 163 Å². The molecule has 0 saturated carbocycles. The van der Waals surface area contributed by atoms with Crippen molar-refractivity contribution in [3.8, 4) is 0 Å². The van der Waals surface area contributed by atoms with Crippen LogP contribution in [0.5, 0.6) is 0 Å². The molecule has 0 spiro atoms. The van der Waals surface area contributed by atoms with Gasteiger partial charge in [-0.15, -0.1) is 0 Å². The number of amides is 1. The second-order valence-corrected chi connectivity index (χ2v) is 7.36. The number of imidazole rings is 1. The topological polar surface area (TPSA) is 77.4 Å². The molecule has 1 saturated heterocycles. The Morgan fingerprint density at radius 3 is 2.75 bits per heavy atom. The standard InChI is InChI=1S/C20H26N6O2/c1-3-26-19(22-23(2)20(26)28)15-9-12-24(13-10-15)18(27)8-7-16-14-25-11-5-4-6-17(25)21-16/h4-6,11,14-15H,3,7-10,12-13H2,1-2H3. The van der Waals surface area contributed by atoms with Gasteiger partial charge < -0.3 is 9.30 Å². The molecular formula is C20H26N6O2. The third-order valence-electron chi connectivity index (χ3n) is 5.57. The van der Waals surface area contributed by atoms with Crippen LogP contribution >= 0.6 is 0 Å². The zero-order valence-electron chi connectivity index (χ0n) is 16.4. The van der Waals surface area contributed by atoms with Crippen molar-refractivity contribution in [1.29, 1.82) is 0 Å². The Hall–Kier alpha value is -2.90. The summed E-state index contributed by atoms with van der Waals surface area (Å²) in [5.74, 6) is 1.26.